The lowest BCUT2D eigenvalue weighted by atomic mass is 10.4. The van der Waals surface area contributed by atoms with Crippen LogP contribution in [0.5, 0.6) is 0 Å². The molecule has 2 aromatic heterocycles. The van der Waals surface area contributed by atoms with Crippen molar-refractivity contribution >= 4 is 38.8 Å². The van der Waals surface area contributed by atoms with E-state index in [4.69, 9.17) is 17.3 Å². The first-order valence-corrected chi connectivity index (χ1v) is 8.44. The minimum atomic E-state index is -3.64. The average molecular weight is 333 g/mol. The number of hydrogen-bond acceptors (Lipinski definition) is 6. The molecule has 0 spiro atoms. The van der Waals surface area contributed by atoms with E-state index in [1.807, 2.05) is 12.3 Å². The van der Waals surface area contributed by atoms with Gasteiger partial charge in [0, 0.05) is 30.2 Å². The zero-order valence-corrected chi connectivity index (χ0v) is 13.0. The van der Waals surface area contributed by atoms with Gasteiger partial charge >= 0.3 is 0 Å². The Hall–Kier alpha value is -1.22. The molecule has 2 heterocycles. The summed E-state index contributed by atoms with van der Waals surface area (Å²) in [4.78, 5) is 7.99. The molecular formula is C11H13ClN4O2S2. The maximum Gasteiger partial charge on any atom is 0.242 e. The summed E-state index contributed by atoms with van der Waals surface area (Å²) >= 11 is 7.27. The van der Waals surface area contributed by atoms with Crippen molar-refractivity contribution < 1.29 is 8.42 Å². The van der Waals surface area contributed by atoms with Crippen molar-refractivity contribution in [1.82, 2.24) is 14.7 Å². The highest BCUT2D eigenvalue weighted by atomic mass is 35.5. The van der Waals surface area contributed by atoms with Gasteiger partial charge in [0.2, 0.25) is 10.0 Å². The zero-order valence-electron chi connectivity index (χ0n) is 10.6. The molecule has 0 saturated carbocycles. The number of nitrogens with one attached hydrogen (secondary N) is 1. The Bertz CT molecular complexity index is 715. The largest absolute Gasteiger partial charge is 0.382 e. The third-order valence-electron chi connectivity index (χ3n) is 2.45. The Morgan fingerprint density at radius 1 is 1.50 bits per heavy atom. The Labute approximate surface area is 126 Å². The second-order valence-electron chi connectivity index (χ2n) is 4.07. The predicted molar refractivity (Wildman–Crippen MR) is 79.4 cm³/mol. The van der Waals surface area contributed by atoms with E-state index < -0.39 is 10.0 Å². The smallest absolute Gasteiger partial charge is 0.242 e. The number of aryl methyl sites for hydroxylation is 1. The zero-order chi connectivity index (χ0) is 14.8. The van der Waals surface area contributed by atoms with Gasteiger partial charge in [0.15, 0.2) is 0 Å². The lowest BCUT2D eigenvalue weighted by molar-refractivity contribution is 0.581. The highest BCUT2D eigenvalue weighted by molar-refractivity contribution is 7.89. The number of anilines is 1. The van der Waals surface area contributed by atoms with Gasteiger partial charge in [0.1, 0.15) is 10.7 Å². The third kappa shape index (κ3) is 3.66. The standard InChI is InChI=1S/C11H13ClN4O2S2/c1-7-6-19-10(16-7)2-3-15-20(17,18)8-4-9(12)11(13)14-5-8/h4-6,15H,2-3H2,1H3,(H2,13,14). The van der Waals surface area contributed by atoms with E-state index in [0.29, 0.717) is 6.42 Å². The molecule has 9 heteroatoms. The summed E-state index contributed by atoms with van der Waals surface area (Å²) in [6, 6.07) is 1.28. The lowest BCUT2D eigenvalue weighted by Gasteiger charge is -2.06. The van der Waals surface area contributed by atoms with Crippen LogP contribution in [-0.4, -0.2) is 24.9 Å². The van der Waals surface area contributed by atoms with Crippen LogP contribution in [0.1, 0.15) is 10.7 Å². The molecule has 108 valence electrons. The van der Waals surface area contributed by atoms with Gasteiger partial charge in [0.05, 0.1) is 10.0 Å². The van der Waals surface area contributed by atoms with Gasteiger partial charge in [-0.05, 0) is 13.0 Å². The van der Waals surface area contributed by atoms with Crippen molar-refractivity contribution in [2.45, 2.75) is 18.2 Å². The van der Waals surface area contributed by atoms with Gasteiger partial charge in [-0.3, -0.25) is 0 Å². The highest BCUT2D eigenvalue weighted by Crippen LogP contribution is 2.19. The monoisotopic (exact) mass is 332 g/mol. The van der Waals surface area contributed by atoms with Gasteiger partial charge in [-0.1, -0.05) is 11.6 Å². The first-order valence-electron chi connectivity index (χ1n) is 5.70. The van der Waals surface area contributed by atoms with Crippen LogP contribution in [0, 0.1) is 6.92 Å². The van der Waals surface area contributed by atoms with E-state index in [2.05, 4.69) is 14.7 Å². The summed E-state index contributed by atoms with van der Waals surface area (Å²) in [5.74, 6) is 0.101. The molecule has 0 atom stereocenters. The van der Waals surface area contributed by atoms with Crippen molar-refractivity contribution in [2.24, 2.45) is 0 Å². The number of pyridine rings is 1. The Balaban J connectivity index is 2.02. The minimum absolute atomic E-state index is 0.00739. The molecule has 20 heavy (non-hydrogen) atoms. The molecule has 6 nitrogen and oxygen atoms in total. The van der Waals surface area contributed by atoms with Crippen LogP contribution in [0.2, 0.25) is 5.02 Å². The van der Waals surface area contributed by atoms with Crippen LogP contribution in [0.4, 0.5) is 5.82 Å². The summed E-state index contributed by atoms with van der Waals surface area (Å²) in [6.45, 7) is 2.16. The van der Waals surface area contributed by atoms with Crippen LogP contribution in [-0.2, 0) is 16.4 Å². The number of hydrogen-bond donors (Lipinski definition) is 2. The van der Waals surface area contributed by atoms with E-state index in [-0.39, 0.29) is 22.3 Å². The summed E-state index contributed by atoms with van der Waals surface area (Å²) < 4.78 is 26.5. The van der Waals surface area contributed by atoms with Gasteiger partial charge in [-0.2, -0.15) is 0 Å². The fourth-order valence-electron chi connectivity index (χ4n) is 1.47. The summed E-state index contributed by atoms with van der Waals surface area (Å²) in [7, 11) is -3.64. The Morgan fingerprint density at radius 2 is 2.25 bits per heavy atom. The molecule has 2 aromatic rings. The molecule has 0 aliphatic heterocycles. The first-order chi connectivity index (χ1) is 9.38. The highest BCUT2D eigenvalue weighted by Gasteiger charge is 2.15. The van der Waals surface area contributed by atoms with Gasteiger partial charge in [0.25, 0.3) is 0 Å². The molecule has 0 bridgehead atoms. The molecule has 0 radical (unpaired) electrons. The molecular weight excluding hydrogens is 320 g/mol. The van der Waals surface area contributed by atoms with Crippen LogP contribution < -0.4 is 10.5 Å². The normalized spacial score (nSPS) is 11.7. The number of rotatable bonds is 5. The summed E-state index contributed by atoms with van der Waals surface area (Å²) in [5, 5.41) is 2.93. The number of nitrogens with zero attached hydrogens (tertiary/aromatic N) is 2. The molecule has 0 aromatic carbocycles. The second kappa shape index (κ2) is 6.04. The molecule has 0 aliphatic rings. The molecule has 3 N–H and O–H groups in total. The van der Waals surface area contributed by atoms with E-state index in [1.165, 1.54) is 23.6 Å². The van der Waals surface area contributed by atoms with Crippen molar-refractivity contribution in [3.05, 3.63) is 33.4 Å². The maximum atomic E-state index is 12.0. The second-order valence-corrected chi connectivity index (χ2v) is 7.19. The van der Waals surface area contributed by atoms with Gasteiger partial charge in [-0.15, -0.1) is 11.3 Å². The average Bonchev–Trinajstić information content (AvgIpc) is 2.78. The molecule has 2 rings (SSSR count). The molecule has 0 aliphatic carbocycles. The fraction of sp³-hybridized carbons (Fsp3) is 0.273. The number of aromatic nitrogens is 2. The van der Waals surface area contributed by atoms with Gasteiger partial charge < -0.3 is 5.73 Å². The van der Waals surface area contributed by atoms with Crippen LogP contribution >= 0.6 is 22.9 Å². The number of halogens is 1. The molecule has 0 unspecified atom stereocenters. The quantitative estimate of drug-likeness (QED) is 0.866. The first kappa shape index (κ1) is 15.2. The fourth-order valence-corrected chi connectivity index (χ4v) is 3.48. The molecule has 0 saturated heterocycles. The molecule has 0 fully saturated rings. The van der Waals surface area contributed by atoms with Crippen molar-refractivity contribution in [3.8, 4) is 0 Å². The SMILES string of the molecule is Cc1csc(CCNS(=O)(=O)c2cnc(N)c(Cl)c2)n1. The van der Waals surface area contributed by atoms with E-state index in [1.54, 1.807) is 0 Å². The van der Waals surface area contributed by atoms with Gasteiger partial charge in [-0.25, -0.2) is 23.1 Å². The number of thiazole rings is 1. The lowest BCUT2D eigenvalue weighted by Crippen LogP contribution is -2.26. The number of nitrogens with two attached hydrogens (primary N) is 1. The van der Waals surface area contributed by atoms with E-state index >= 15 is 0 Å². The summed E-state index contributed by atoms with van der Waals surface area (Å²) in [5.41, 5.74) is 6.38. The summed E-state index contributed by atoms with van der Waals surface area (Å²) in [6.07, 6.45) is 1.71. The Kier molecular flexibility index (Phi) is 4.59. The third-order valence-corrected chi connectivity index (χ3v) is 5.21. The maximum absolute atomic E-state index is 12.0. The van der Waals surface area contributed by atoms with E-state index in [9.17, 15) is 8.42 Å². The predicted octanol–water partition coefficient (Wildman–Crippen LogP) is 1.60. The van der Waals surface area contributed by atoms with Crippen LogP contribution in [0.25, 0.3) is 0 Å². The van der Waals surface area contributed by atoms with Crippen LogP contribution in [0.15, 0.2) is 22.5 Å². The number of sulfonamides is 1. The minimum Gasteiger partial charge on any atom is -0.382 e. The van der Waals surface area contributed by atoms with Crippen LogP contribution in [0.3, 0.4) is 0 Å². The van der Waals surface area contributed by atoms with E-state index in [0.717, 1.165) is 10.7 Å². The number of nitrogen functional groups attached to an aromatic ring is 1. The van der Waals surface area contributed by atoms with Crippen molar-refractivity contribution in [2.75, 3.05) is 12.3 Å². The van der Waals surface area contributed by atoms with Crippen molar-refractivity contribution in [3.63, 3.8) is 0 Å². The Morgan fingerprint density at radius 3 is 2.85 bits per heavy atom. The topological polar surface area (TPSA) is 98.0 Å². The van der Waals surface area contributed by atoms with Crippen molar-refractivity contribution in [1.29, 1.82) is 0 Å². The molecule has 0 amide bonds.